The third kappa shape index (κ3) is 1.73. The van der Waals surface area contributed by atoms with Crippen LogP contribution in [0.15, 0.2) is 12.3 Å². The van der Waals surface area contributed by atoms with E-state index in [2.05, 4.69) is 4.98 Å². The quantitative estimate of drug-likeness (QED) is 0.804. The van der Waals surface area contributed by atoms with Gasteiger partial charge in [-0.15, -0.1) is 0 Å². The predicted octanol–water partition coefficient (Wildman–Crippen LogP) is 1.76. The van der Waals surface area contributed by atoms with Crippen LogP contribution in [0.25, 0.3) is 11.0 Å². The first-order valence-electron chi connectivity index (χ1n) is 5.38. The lowest BCUT2D eigenvalue weighted by molar-refractivity contribution is 0.0522. The van der Waals surface area contributed by atoms with Crippen molar-refractivity contribution in [2.75, 3.05) is 6.61 Å². The Kier molecular flexibility index (Phi) is 2.75. The summed E-state index contributed by atoms with van der Waals surface area (Å²) in [4.78, 5) is 16.0. The van der Waals surface area contributed by atoms with Gasteiger partial charge in [-0.25, -0.2) is 9.78 Å². The number of aromatic hydroxyl groups is 1. The fourth-order valence-corrected chi connectivity index (χ4v) is 1.81. The molecular formula is C12H14N2O3. The second-order valence-electron chi connectivity index (χ2n) is 3.81. The van der Waals surface area contributed by atoms with Crippen LogP contribution < -0.4 is 0 Å². The molecule has 0 amide bonds. The van der Waals surface area contributed by atoms with E-state index in [1.165, 1.54) is 0 Å². The summed E-state index contributed by atoms with van der Waals surface area (Å²) in [7, 11) is 1.83. The number of carbonyl (C=O) groups excluding carboxylic acids is 1. The van der Waals surface area contributed by atoms with Crippen molar-refractivity contribution in [2.45, 2.75) is 13.8 Å². The van der Waals surface area contributed by atoms with Gasteiger partial charge in [0.2, 0.25) is 0 Å². The molecule has 0 aromatic carbocycles. The van der Waals surface area contributed by atoms with E-state index in [1.807, 2.05) is 7.05 Å². The van der Waals surface area contributed by atoms with Gasteiger partial charge in [-0.05, 0) is 19.9 Å². The maximum absolute atomic E-state index is 11.7. The molecule has 0 spiro atoms. The number of fused-ring (bicyclic) bond motifs is 1. The molecule has 17 heavy (non-hydrogen) atoms. The third-order valence-electron chi connectivity index (χ3n) is 2.65. The summed E-state index contributed by atoms with van der Waals surface area (Å²) in [6.07, 6.45) is 1.78. The van der Waals surface area contributed by atoms with Gasteiger partial charge < -0.3 is 14.4 Å². The van der Waals surface area contributed by atoms with Gasteiger partial charge in [0, 0.05) is 13.2 Å². The number of ether oxygens (including phenoxy) is 1. The van der Waals surface area contributed by atoms with E-state index in [4.69, 9.17) is 4.74 Å². The van der Waals surface area contributed by atoms with Crippen LogP contribution in [-0.2, 0) is 11.8 Å². The Hall–Kier alpha value is -2.04. The minimum absolute atomic E-state index is 0.0634. The molecule has 0 aliphatic heterocycles. The molecule has 0 aliphatic carbocycles. The van der Waals surface area contributed by atoms with Crippen molar-refractivity contribution in [3.05, 3.63) is 23.5 Å². The van der Waals surface area contributed by atoms with E-state index in [1.54, 1.807) is 30.7 Å². The zero-order valence-corrected chi connectivity index (χ0v) is 10.0. The summed E-state index contributed by atoms with van der Waals surface area (Å²) in [5, 5.41) is 10.6. The fraction of sp³-hybridized carbons (Fsp3) is 0.333. The minimum Gasteiger partial charge on any atom is -0.506 e. The molecule has 0 atom stereocenters. The highest BCUT2D eigenvalue weighted by atomic mass is 16.5. The van der Waals surface area contributed by atoms with E-state index in [0.717, 1.165) is 0 Å². The van der Waals surface area contributed by atoms with E-state index >= 15 is 0 Å². The number of pyridine rings is 1. The summed E-state index contributed by atoms with van der Waals surface area (Å²) >= 11 is 0. The first-order valence-corrected chi connectivity index (χ1v) is 5.38. The molecule has 2 aromatic rings. The van der Waals surface area contributed by atoms with Crippen LogP contribution in [-0.4, -0.2) is 27.2 Å². The minimum atomic E-state index is -0.541. The van der Waals surface area contributed by atoms with E-state index in [0.29, 0.717) is 16.7 Å². The lowest BCUT2D eigenvalue weighted by Crippen LogP contribution is -2.09. The van der Waals surface area contributed by atoms with Crippen molar-refractivity contribution in [2.24, 2.45) is 7.05 Å². The second-order valence-corrected chi connectivity index (χ2v) is 3.81. The molecule has 1 N–H and O–H groups in total. The second kappa shape index (κ2) is 4.08. The Balaban J connectivity index is 2.68. The third-order valence-corrected chi connectivity index (χ3v) is 2.65. The Morgan fingerprint density at radius 2 is 2.29 bits per heavy atom. The van der Waals surface area contributed by atoms with Gasteiger partial charge in [0.25, 0.3) is 0 Å². The topological polar surface area (TPSA) is 64.3 Å². The average molecular weight is 234 g/mol. The zero-order valence-electron chi connectivity index (χ0n) is 10.0. The standard InChI is InChI=1S/C12H14N2O3/c1-4-17-12(16)9-7(2)13-11-8(10(9)15)5-6-14(11)3/h5-6H,4H2,1-3H3,(H,13,15). The molecule has 0 fully saturated rings. The van der Waals surface area contributed by atoms with Gasteiger partial charge in [-0.1, -0.05) is 0 Å². The van der Waals surface area contributed by atoms with Crippen molar-refractivity contribution >= 4 is 17.0 Å². The number of hydrogen-bond donors (Lipinski definition) is 1. The van der Waals surface area contributed by atoms with Crippen molar-refractivity contribution in [1.82, 2.24) is 9.55 Å². The molecule has 0 aliphatic rings. The smallest absolute Gasteiger partial charge is 0.343 e. The number of rotatable bonds is 2. The van der Waals surface area contributed by atoms with Crippen LogP contribution in [0.1, 0.15) is 23.0 Å². The van der Waals surface area contributed by atoms with Crippen LogP contribution in [0.4, 0.5) is 0 Å². The first-order chi connectivity index (χ1) is 8.06. The molecule has 5 heteroatoms. The van der Waals surface area contributed by atoms with Crippen LogP contribution in [0.5, 0.6) is 5.75 Å². The van der Waals surface area contributed by atoms with Gasteiger partial charge >= 0.3 is 5.97 Å². The average Bonchev–Trinajstić information content (AvgIpc) is 2.61. The summed E-state index contributed by atoms with van der Waals surface area (Å²) in [6.45, 7) is 3.67. The van der Waals surface area contributed by atoms with Crippen LogP contribution in [0.2, 0.25) is 0 Å². The molecule has 2 rings (SSSR count). The van der Waals surface area contributed by atoms with Crippen molar-refractivity contribution in [3.63, 3.8) is 0 Å². The Morgan fingerprint density at radius 1 is 1.59 bits per heavy atom. The maximum Gasteiger partial charge on any atom is 0.343 e. The molecule has 2 heterocycles. The number of carbonyl (C=O) groups is 1. The van der Waals surface area contributed by atoms with Gasteiger partial charge in [0.15, 0.2) is 0 Å². The Labute approximate surface area is 98.6 Å². The highest BCUT2D eigenvalue weighted by molar-refractivity contribution is 6.00. The predicted molar refractivity (Wildman–Crippen MR) is 63.1 cm³/mol. The monoisotopic (exact) mass is 234 g/mol. The highest BCUT2D eigenvalue weighted by Gasteiger charge is 2.20. The van der Waals surface area contributed by atoms with E-state index < -0.39 is 5.97 Å². The zero-order chi connectivity index (χ0) is 12.6. The number of aromatic nitrogens is 2. The number of hydrogen-bond acceptors (Lipinski definition) is 4. The summed E-state index contributed by atoms with van der Waals surface area (Å²) in [6, 6.07) is 1.72. The lowest BCUT2D eigenvalue weighted by atomic mass is 10.1. The maximum atomic E-state index is 11.7. The van der Waals surface area contributed by atoms with Gasteiger partial charge in [0.1, 0.15) is 17.0 Å². The normalized spacial score (nSPS) is 10.8. The molecule has 90 valence electrons. The molecular weight excluding hydrogens is 220 g/mol. The molecule has 0 saturated carbocycles. The van der Waals surface area contributed by atoms with Crippen LogP contribution >= 0.6 is 0 Å². The van der Waals surface area contributed by atoms with Crippen molar-refractivity contribution < 1.29 is 14.6 Å². The summed E-state index contributed by atoms with van der Waals surface area (Å²) in [5.41, 5.74) is 1.26. The number of aryl methyl sites for hydroxylation is 2. The Morgan fingerprint density at radius 3 is 2.94 bits per heavy atom. The van der Waals surface area contributed by atoms with Gasteiger partial charge in [-0.3, -0.25) is 0 Å². The van der Waals surface area contributed by atoms with Crippen LogP contribution in [0, 0.1) is 6.92 Å². The fourth-order valence-electron chi connectivity index (χ4n) is 1.81. The molecule has 0 unspecified atom stereocenters. The molecule has 0 saturated heterocycles. The van der Waals surface area contributed by atoms with E-state index in [-0.39, 0.29) is 17.9 Å². The SMILES string of the molecule is CCOC(=O)c1c(C)nc2c(ccn2C)c1O. The van der Waals surface area contributed by atoms with Gasteiger partial charge in [-0.2, -0.15) is 0 Å². The highest BCUT2D eigenvalue weighted by Crippen LogP contribution is 2.30. The van der Waals surface area contributed by atoms with Crippen molar-refractivity contribution in [3.8, 4) is 5.75 Å². The van der Waals surface area contributed by atoms with Gasteiger partial charge in [0.05, 0.1) is 17.7 Å². The van der Waals surface area contributed by atoms with Crippen molar-refractivity contribution in [1.29, 1.82) is 0 Å². The molecule has 2 aromatic heterocycles. The van der Waals surface area contributed by atoms with E-state index in [9.17, 15) is 9.90 Å². The largest absolute Gasteiger partial charge is 0.506 e. The summed E-state index contributed by atoms with van der Waals surface area (Å²) < 4.78 is 6.69. The first kappa shape index (κ1) is 11.4. The lowest BCUT2D eigenvalue weighted by Gasteiger charge is -2.08. The Bertz CT molecular complexity index is 587. The number of nitrogens with zero attached hydrogens (tertiary/aromatic N) is 2. The molecule has 5 nitrogen and oxygen atoms in total. The van der Waals surface area contributed by atoms with Crippen LogP contribution in [0.3, 0.4) is 0 Å². The molecule has 0 bridgehead atoms. The number of esters is 1. The summed E-state index contributed by atoms with van der Waals surface area (Å²) in [5.74, 6) is -0.604. The molecule has 0 radical (unpaired) electrons.